The van der Waals surface area contributed by atoms with Crippen molar-refractivity contribution in [2.75, 3.05) is 50.2 Å². The Kier molecular flexibility index (Phi) is 12.0. The molecule has 0 aliphatic carbocycles. The zero-order valence-corrected chi connectivity index (χ0v) is 35.5. The molecule has 58 heavy (non-hydrogen) atoms. The molecule has 5 aromatic rings. The first-order valence-corrected chi connectivity index (χ1v) is 21.3. The predicted octanol–water partition coefficient (Wildman–Crippen LogP) is 12.9. The zero-order valence-electron chi connectivity index (χ0n) is 32.5. The van der Waals surface area contributed by atoms with E-state index in [1.807, 2.05) is 60.7 Å². The van der Waals surface area contributed by atoms with Gasteiger partial charge in [-0.1, -0.05) is 94.9 Å². The number of esters is 1. The van der Waals surface area contributed by atoms with E-state index in [-0.39, 0.29) is 25.7 Å². The summed E-state index contributed by atoms with van der Waals surface area (Å²) in [6.07, 6.45) is 11.1. The quantitative estimate of drug-likeness (QED) is 0.0792. The summed E-state index contributed by atoms with van der Waals surface area (Å²) in [6.45, 7) is 4.10. The van der Waals surface area contributed by atoms with Gasteiger partial charge in [-0.05, 0) is 133 Å². The van der Waals surface area contributed by atoms with Crippen LogP contribution in [0.4, 0.5) is 11.4 Å². The van der Waals surface area contributed by atoms with Gasteiger partial charge in [0.1, 0.15) is 11.5 Å². The van der Waals surface area contributed by atoms with Gasteiger partial charge < -0.3 is 24.0 Å². The molecule has 0 bridgehead atoms. The first-order valence-electron chi connectivity index (χ1n) is 19.7. The second-order valence-electron chi connectivity index (χ2n) is 15.0. The van der Waals surface area contributed by atoms with Crippen molar-refractivity contribution in [2.45, 2.75) is 44.1 Å². The molecule has 5 aromatic carbocycles. The largest absolute Gasteiger partial charge is 0.497 e. The van der Waals surface area contributed by atoms with Gasteiger partial charge in [-0.15, -0.1) is 0 Å². The molecule has 3 aliphatic heterocycles. The lowest BCUT2D eigenvalue weighted by atomic mass is 9.83. The minimum Gasteiger partial charge on any atom is -0.497 e. The van der Waals surface area contributed by atoms with Gasteiger partial charge in [0, 0.05) is 43.1 Å². The highest BCUT2D eigenvalue weighted by atomic mass is 35.5. The number of anilines is 2. The molecule has 298 valence electrons. The second kappa shape index (κ2) is 17.3. The van der Waals surface area contributed by atoms with Gasteiger partial charge in [-0.2, -0.15) is 0 Å². The average molecular weight is 855 g/mol. The van der Waals surface area contributed by atoms with Crippen molar-refractivity contribution in [2.24, 2.45) is 0 Å². The Morgan fingerprint density at radius 2 is 0.897 bits per heavy atom. The summed E-state index contributed by atoms with van der Waals surface area (Å²) >= 11 is 27.5. The summed E-state index contributed by atoms with van der Waals surface area (Å²) in [6, 6.07) is 32.7. The number of fused-ring (bicyclic) bond motifs is 1. The minimum absolute atomic E-state index is 0.0137. The summed E-state index contributed by atoms with van der Waals surface area (Å²) in [5, 5.41) is 0.0763. The average Bonchev–Trinajstić information content (AvgIpc) is 3.57. The number of carbonyl (C=O) groups is 1. The van der Waals surface area contributed by atoms with E-state index >= 15 is 0 Å². The highest BCUT2D eigenvalue weighted by molar-refractivity contribution is 6.53. The zero-order chi connectivity index (χ0) is 40.4. The van der Waals surface area contributed by atoms with Gasteiger partial charge in [-0.3, -0.25) is 0 Å². The van der Waals surface area contributed by atoms with E-state index < -0.39 is 11.6 Å². The van der Waals surface area contributed by atoms with Crippen LogP contribution in [0.1, 0.15) is 76.7 Å². The van der Waals surface area contributed by atoms with Crippen LogP contribution >= 0.6 is 46.4 Å². The molecule has 3 aliphatic rings. The molecule has 0 amide bonds. The van der Waals surface area contributed by atoms with Crippen molar-refractivity contribution >= 4 is 74.9 Å². The normalized spacial score (nSPS) is 18.6. The van der Waals surface area contributed by atoms with Gasteiger partial charge in [0.05, 0.1) is 39.9 Å². The van der Waals surface area contributed by atoms with Crippen molar-refractivity contribution in [3.63, 3.8) is 0 Å². The Labute approximate surface area is 360 Å². The first kappa shape index (κ1) is 40.2. The lowest BCUT2D eigenvalue weighted by Gasteiger charge is -2.30. The molecule has 6 nitrogen and oxygen atoms in total. The Morgan fingerprint density at radius 1 is 0.534 bits per heavy atom. The van der Waals surface area contributed by atoms with Crippen LogP contribution in [-0.2, 0) is 10.3 Å². The standard InChI is InChI=1S/C48H44Cl4N2O4/c1-56-37-21-13-33(14-22-37)39(31-9-17-35(18-10-31)53-25-5-3-6-26-53)29-48(42-41(47(55)58-48)43(49)45(51)46(52)44(42)50)30-40(34-15-23-38(57-2)24-16-34)32-11-19-36(20-12-32)54-27-7-4-8-28-54/h9-24,29-30H,3-8,25-28H2,1-2H3. The summed E-state index contributed by atoms with van der Waals surface area (Å²) < 4.78 is 17.7. The number of carbonyl (C=O) groups excluding carboxylic acids is 1. The third-order valence-electron chi connectivity index (χ3n) is 11.4. The molecule has 2 saturated heterocycles. The number of hydrogen-bond donors (Lipinski definition) is 0. The first-order chi connectivity index (χ1) is 28.2. The van der Waals surface area contributed by atoms with Crippen LogP contribution in [0.2, 0.25) is 20.1 Å². The lowest BCUT2D eigenvalue weighted by Crippen LogP contribution is -2.29. The molecule has 0 atom stereocenters. The third kappa shape index (κ3) is 7.92. The van der Waals surface area contributed by atoms with E-state index in [1.54, 1.807) is 14.2 Å². The van der Waals surface area contributed by atoms with E-state index in [0.29, 0.717) is 17.1 Å². The summed E-state index contributed by atoms with van der Waals surface area (Å²) in [5.41, 5.74) is 6.20. The highest BCUT2D eigenvalue weighted by Crippen LogP contribution is 2.53. The van der Waals surface area contributed by atoms with E-state index in [0.717, 1.165) is 71.0 Å². The number of nitrogens with zero attached hydrogens (tertiary/aromatic N) is 2. The smallest absolute Gasteiger partial charge is 0.341 e. The van der Waals surface area contributed by atoms with Crippen LogP contribution in [0.5, 0.6) is 11.5 Å². The molecule has 0 spiro atoms. The second-order valence-corrected chi connectivity index (χ2v) is 16.5. The van der Waals surface area contributed by atoms with Gasteiger partial charge >= 0.3 is 5.97 Å². The number of hydrogen-bond acceptors (Lipinski definition) is 6. The SMILES string of the molecule is COc1ccc(C(=CC2(C=C(c3ccc(OC)cc3)c3ccc(N4CCCCC4)cc3)OC(=O)c3c(Cl)c(Cl)c(Cl)c(Cl)c32)c2ccc(N3CCCCC3)cc2)cc1. The highest BCUT2D eigenvalue weighted by Gasteiger charge is 2.48. The van der Waals surface area contributed by atoms with Crippen molar-refractivity contribution in [3.05, 3.63) is 163 Å². The Morgan fingerprint density at radius 3 is 1.28 bits per heavy atom. The molecular weight excluding hydrogens is 810 g/mol. The fraction of sp³-hybridized carbons (Fsp3) is 0.271. The van der Waals surface area contributed by atoms with Crippen LogP contribution in [0.3, 0.4) is 0 Å². The Balaban J connectivity index is 1.39. The lowest BCUT2D eigenvalue weighted by molar-refractivity contribution is 0.0300. The van der Waals surface area contributed by atoms with Crippen LogP contribution in [0.15, 0.2) is 109 Å². The van der Waals surface area contributed by atoms with Crippen molar-refractivity contribution in [3.8, 4) is 11.5 Å². The molecule has 0 unspecified atom stereocenters. The van der Waals surface area contributed by atoms with E-state index in [2.05, 4.69) is 58.3 Å². The molecule has 0 saturated carbocycles. The minimum atomic E-state index is -1.62. The number of methoxy groups -OCH3 is 2. The molecule has 3 heterocycles. The predicted molar refractivity (Wildman–Crippen MR) is 239 cm³/mol. The van der Waals surface area contributed by atoms with Crippen LogP contribution in [0, 0.1) is 0 Å². The number of ether oxygens (including phenoxy) is 3. The van der Waals surface area contributed by atoms with Crippen LogP contribution in [0.25, 0.3) is 11.1 Å². The molecule has 2 fully saturated rings. The van der Waals surface area contributed by atoms with E-state index in [9.17, 15) is 4.79 Å². The van der Waals surface area contributed by atoms with E-state index in [4.69, 9.17) is 60.6 Å². The van der Waals surface area contributed by atoms with Gasteiger partial charge in [0.15, 0.2) is 5.60 Å². The van der Waals surface area contributed by atoms with Gasteiger partial charge in [0.2, 0.25) is 0 Å². The summed E-state index contributed by atoms with van der Waals surface area (Å²) in [5.74, 6) is 0.751. The van der Waals surface area contributed by atoms with Crippen molar-refractivity contribution in [1.82, 2.24) is 0 Å². The van der Waals surface area contributed by atoms with E-state index in [1.165, 1.54) is 38.5 Å². The Bertz CT molecular complexity index is 2220. The van der Waals surface area contributed by atoms with Crippen LogP contribution < -0.4 is 19.3 Å². The number of halogens is 4. The molecule has 0 radical (unpaired) electrons. The Hall–Kier alpha value is -4.59. The molecule has 10 heteroatoms. The maximum absolute atomic E-state index is 14.3. The third-order valence-corrected chi connectivity index (χ3v) is 13.2. The van der Waals surface area contributed by atoms with Crippen molar-refractivity contribution < 1.29 is 19.0 Å². The number of rotatable bonds is 10. The van der Waals surface area contributed by atoms with Crippen molar-refractivity contribution in [1.29, 1.82) is 0 Å². The summed E-state index contributed by atoms with van der Waals surface area (Å²) in [7, 11) is 3.28. The molecule has 0 aromatic heterocycles. The molecule has 0 N–H and O–H groups in total. The number of piperidine rings is 2. The fourth-order valence-corrected chi connectivity index (χ4v) is 9.41. The molecular formula is C48H44Cl4N2O4. The fourth-order valence-electron chi connectivity index (χ4n) is 8.34. The van der Waals surface area contributed by atoms with Crippen LogP contribution in [-0.4, -0.2) is 46.4 Å². The monoisotopic (exact) mass is 852 g/mol. The maximum Gasteiger partial charge on any atom is 0.341 e. The topological polar surface area (TPSA) is 51.2 Å². The van der Waals surface area contributed by atoms with Gasteiger partial charge in [-0.25, -0.2) is 4.79 Å². The van der Waals surface area contributed by atoms with Gasteiger partial charge in [0.25, 0.3) is 0 Å². The number of benzene rings is 5. The molecule has 8 rings (SSSR count). The number of cyclic esters (lactones) is 1. The summed E-state index contributed by atoms with van der Waals surface area (Å²) in [4.78, 5) is 19.1. The maximum atomic E-state index is 14.3.